The monoisotopic (exact) mass is 306 g/mol. The maximum Gasteiger partial charge on any atom is 0.222 e. The van der Waals surface area contributed by atoms with Crippen LogP contribution < -0.4 is 10.6 Å². The minimum Gasteiger partial charge on any atom is -0.332 e. The fourth-order valence-corrected chi connectivity index (χ4v) is 4.01. The third-order valence-corrected chi connectivity index (χ3v) is 4.97. The zero-order valence-electron chi connectivity index (χ0n) is 12.7. The Balaban J connectivity index is 1.82. The highest BCUT2D eigenvalue weighted by molar-refractivity contribution is 5.88. The summed E-state index contributed by atoms with van der Waals surface area (Å²) < 4.78 is 0. The summed E-state index contributed by atoms with van der Waals surface area (Å²) in [6.07, 6.45) is 0.793. The van der Waals surface area contributed by atoms with Crippen molar-refractivity contribution in [2.24, 2.45) is 0 Å². The molecular formula is C19H18N2O2. The second kappa shape index (κ2) is 5.23. The van der Waals surface area contributed by atoms with E-state index in [2.05, 4.69) is 10.6 Å². The first kappa shape index (κ1) is 14.0. The minimum atomic E-state index is -0.725. The molecule has 2 N–H and O–H groups in total. The van der Waals surface area contributed by atoms with Crippen molar-refractivity contribution in [1.29, 1.82) is 0 Å². The molecule has 2 atom stereocenters. The summed E-state index contributed by atoms with van der Waals surface area (Å²) in [6, 6.07) is 19.9. The number of carbonyl (C=O) groups excluding carboxylic acids is 2. The van der Waals surface area contributed by atoms with Gasteiger partial charge in [-0.2, -0.15) is 0 Å². The van der Waals surface area contributed by atoms with Gasteiger partial charge < -0.3 is 10.6 Å². The van der Waals surface area contributed by atoms with Crippen molar-refractivity contribution in [3.8, 4) is 0 Å². The molecule has 2 aliphatic rings. The van der Waals surface area contributed by atoms with Crippen molar-refractivity contribution in [2.45, 2.75) is 30.3 Å². The third kappa shape index (κ3) is 2.22. The average Bonchev–Trinajstić information content (AvgIpc) is 3.08. The summed E-state index contributed by atoms with van der Waals surface area (Å²) in [7, 11) is 0. The van der Waals surface area contributed by atoms with Gasteiger partial charge in [-0.05, 0) is 11.1 Å². The van der Waals surface area contributed by atoms with Gasteiger partial charge in [0.15, 0.2) is 0 Å². The molecule has 2 aromatic carbocycles. The Hall–Kier alpha value is -2.62. The van der Waals surface area contributed by atoms with Crippen LogP contribution in [-0.2, 0) is 9.59 Å². The maximum absolute atomic E-state index is 12.2. The van der Waals surface area contributed by atoms with Crippen LogP contribution in [0.25, 0.3) is 0 Å². The standard InChI is InChI=1S/C19H18N2O2/c22-17-11-15(13-7-3-1-4-8-13)19(20-17)16(12-18(23)21-19)14-9-5-2-6-10-14/h1-10,15-16H,11-12H2,(H,20,22)(H,21,23). The molecule has 2 fully saturated rings. The number of carbonyl (C=O) groups is 2. The fourth-order valence-electron chi connectivity index (χ4n) is 4.01. The minimum absolute atomic E-state index is 0.0121. The molecule has 4 heteroatoms. The molecule has 0 bridgehead atoms. The Bertz CT molecular complexity index is 677. The van der Waals surface area contributed by atoms with E-state index in [0.717, 1.165) is 11.1 Å². The smallest absolute Gasteiger partial charge is 0.222 e. The lowest BCUT2D eigenvalue weighted by atomic mass is 9.76. The van der Waals surface area contributed by atoms with Gasteiger partial charge in [0.2, 0.25) is 11.8 Å². The zero-order valence-corrected chi connectivity index (χ0v) is 12.7. The van der Waals surface area contributed by atoms with Crippen molar-refractivity contribution in [3.05, 3.63) is 71.8 Å². The van der Waals surface area contributed by atoms with Gasteiger partial charge in [0.05, 0.1) is 0 Å². The topological polar surface area (TPSA) is 58.2 Å². The van der Waals surface area contributed by atoms with E-state index in [9.17, 15) is 9.59 Å². The van der Waals surface area contributed by atoms with Gasteiger partial charge in [0, 0.05) is 24.7 Å². The van der Waals surface area contributed by atoms with Crippen LogP contribution in [0.1, 0.15) is 35.8 Å². The number of nitrogens with one attached hydrogen (secondary N) is 2. The molecule has 0 aromatic heterocycles. The number of amides is 2. The SMILES string of the molecule is O=C1CC(c2ccccc2)C2(N1)NC(=O)CC2c1ccccc1. The molecule has 2 aromatic rings. The maximum atomic E-state index is 12.2. The molecule has 2 heterocycles. The summed E-state index contributed by atoms with van der Waals surface area (Å²) in [6.45, 7) is 0. The quantitative estimate of drug-likeness (QED) is 0.894. The van der Waals surface area contributed by atoms with E-state index >= 15 is 0 Å². The lowest BCUT2D eigenvalue weighted by molar-refractivity contribution is -0.120. The Labute approximate surface area is 134 Å². The number of benzene rings is 2. The van der Waals surface area contributed by atoms with Crippen molar-refractivity contribution < 1.29 is 9.59 Å². The van der Waals surface area contributed by atoms with E-state index in [0.29, 0.717) is 12.8 Å². The second-order valence-corrected chi connectivity index (χ2v) is 6.30. The molecule has 2 amide bonds. The number of hydrogen-bond acceptors (Lipinski definition) is 2. The first-order chi connectivity index (χ1) is 11.2. The van der Waals surface area contributed by atoms with Crippen LogP contribution in [0.4, 0.5) is 0 Å². The first-order valence-corrected chi connectivity index (χ1v) is 7.91. The van der Waals surface area contributed by atoms with E-state index in [-0.39, 0.29) is 23.7 Å². The fraction of sp³-hybridized carbons (Fsp3) is 0.263. The van der Waals surface area contributed by atoms with Crippen LogP contribution in [0.2, 0.25) is 0 Å². The molecule has 0 aliphatic carbocycles. The normalized spacial score (nSPS) is 29.6. The zero-order chi connectivity index (χ0) is 15.9. The highest BCUT2D eigenvalue weighted by Gasteiger charge is 2.57. The Morgan fingerprint density at radius 3 is 1.48 bits per heavy atom. The molecule has 23 heavy (non-hydrogen) atoms. The summed E-state index contributed by atoms with van der Waals surface area (Å²) in [5, 5.41) is 6.17. The van der Waals surface area contributed by atoms with Crippen molar-refractivity contribution >= 4 is 11.8 Å². The predicted octanol–water partition coefficient (Wildman–Crippen LogP) is 2.29. The van der Waals surface area contributed by atoms with Crippen molar-refractivity contribution in [2.75, 3.05) is 0 Å². The Morgan fingerprint density at radius 2 is 1.09 bits per heavy atom. The average molecular weight is 306 g/mol. The molecule has 2 unspecified atom stereocenters. The van der Waals surface area contributed by atoms with Crippen LogP contribution in [0.3, 0.4) is 0 Å². The largest absolute Gasteiger partial charge is 0.332 e. The van der Waals surface area contributed by atoms with Crippen LogP contribution in [0.15, 0.2) is 60.7 Å². The van der Waals surface area contributed by atoms with E-state index in [1.165, 1.54) is 0 Å². The van der Waals surface area contributed by atoms with E-state index in [1.54, 1.807) is 0 Å². The lowest BCUT2D eigenvalue weighted by Gasteiger charge is -2.37. The molecule has 0 radical (unpaired) electrons. The number of rotatable bonds is 2. The van der Waals surface area contributed by atoms with Gasteiger partial charge in [-0.3, -0.25) is 9.59 Å². The summed E-state index contributed by atoms with van der Waals surface area (Å²) in [5.74, 6) is -0.148. The highest BCUT2D eigenvalue weighted by Crippen LogP contribution is 2.48. The molecule has 116 valence electrons. The first-order valence-electron chi connectivity index (χ1n) is 7.91. The third-order valence-electron chi connectivity index (χ3n) is 4.97. The Kier molecular flexibility index (Phi) is 3.18. The van der Waals surface area contributed by atoms with Gasteiger partial charge in [0.25, 0.3) is 0 Å². The summed E-state index contributed by atoms with van der Waals surface area (Å²) in [5.41, 5.74) is 1.43. The second-order valence-electron chi connectivity index (χ2n) is 6.30. The molecule has 4 nitrogen and oxygen atoms in total. The van der Waals surface area contributed by atoms with Gasteiger partial charge in [0.1, 0.15) is 5.66 Å². The number of hydrogen-bond donors (Lipinski definition) is 2. The van der Waals surface area contributed by atoms with Crippen LogP contribution in [0.5, 0.6) is 0 Å². The van der Waals surface area contributed by atoms with Gasteiger partial charge in [-0.25, -0.2) is 0 Å². The van der Waals surface area contributed by atoms with Crippen molar-refractivity contribution in [1.82, 2.24) is 10.6 Å². The van der Waals surface area contributed by atoms with E-state index in [1.807, 2.05) is 60.7 Å². The van der Waals surface area contributed by atoms with E-state index in [4.69, 9.17) is 0 Å². The Morgan fingerprint density at radius 1 is 0.696 bits per heavy atom. The van der Waals surface area contributed by atoms with Gasteiger partial charge in [-0.1, -0.05) is 60.7 Å². The van der Waals surface area contributed by atoms with Crippen LogP contribution in [0, 0.1) is 0 Å². The van der Waals surface area contributed by atoms with Crippen molar-refractivity contribution in [3.63, 3.8) is 0 Å². The molecule has 2 saturated heterocycles. The van der Waals surface area contributed by atoms with E-state index < -0.39 is 5.66 Å². The predicted molar refractivity (Wildman–Crippen MR) is 86.6 cm³/mol. The van der Waals surface area contributed by atoms with Gasteiger partial charge in [-0.15, -0.1) is 0 Å². The molecule has 0 saturated carbocycles. The lowest BCUT2D eigenvalue weighted by Crippen LogP contribution is -2.57. The highest BCUT2D eigenvalue weighted by atomic mass is 16.2. The van der Waals surface area contributed by atoms with Gasteiger partial charge >= 0.3 is 0 Å². The molecule has 1 spiro atoms. The van der Waals surface area contributed by atoms with Crippen LogP contribution >= 0.6 is 0 Å². The molecular weight excluding hydrogens is 288 g/mol. The molecule has 2 aliphatic heterocycles. The summed E-state index contributed by atoms with van der Waals surface area (Å²) in [4.78, 5) is 24.4. The molecule has 4 rings (SSSR count). The summed E-state index contributed by atoms with van der Waals surface area (Å²) >= 11 is 0. The van der Waals surface area contributed by atoms with Crippen LogP contribution in [-0.4, -0.2) is 17.5 Å².